The number of ketones is 1. The van der Waals surface area contributed by atoms with Crippen LogP contribution < -0.4 is 36.1 Å². The lowest BCUT2D eigenvalue weighted by atomic mass is 9.75. The van der Waals surface area contributed by atoms with E-state index >= 15 is 0 Å². The number of aliphatic hydroxyl groups excluding tert-OH is 4. The standard InChI is InChI=1S/C59H81IN4O23S3/c1-13-62-31-25-80-36(23-35(31)75-8)85-49-44(68)41(27(3)82-56(49)84-34-18-16-14-15-17-20-59(74)24-33(66)42(63-57(73)79-12)39(34)30(59)19-21-88-90-58(6,7)52(61)53(70)71)64-87-37-22-32(65)51(29(5)81-37)89-54(72)38-26(2)40(60)47(50(78-11)46(38)76-9)86-55-45(69)48(77-10)43(67)28(4)83-55/h14-15,19,27-29,31-32,34-37,41,43-45,48-49,51-52,55-56,62,64-65,67-69,74H,13,21-25,61H2,1-12H3,(H,63,73)(H,70,71)/b15-14+,30-19+/t27-,28+,29-,31+,32+,34+,35+,36+,37+,41-,43+,44+,45-,48-,49-,51-,52-,55+,56+,59+/m1/s1. The molecule has 2 aliphatic carbocycles. The molecule has 31 heteroatoms. The van der Waals surface area contributed by atoms with Crippen molar-refractivity contribution in [3.05, 3.63) is 49.8 Å². The van der Waals surface area contributed by atoms with Crippen molar-refractivity contribution in [1.29, 1.82) is 0 Å². The van der Waals surface area contributed by atoms with Gasteiger partial charge in [0.1, 0.15) is 42.7 Å². The van der Waals surface area contributed by atoms with Crippen molar-refractivity contribution >= 4 is 78.9 Å². The summed E-state index contributed by atoms with van der Waals surface area (Å²) in [6, 6.07) is -2.60. The van der Waals surface area contributed by atoms with Gasteiger partial charge >= 0.3 is 12.1 Å². The van der Waals surface area contributed by atoms with E-state index in [-0.39, 0.29) is 70.9 Å². The molecular weight excluding hydrogens is 1360 g/mol. The molecule has 0 radical (unpaired) electrons. The number of rotatable bonds is 24. The number of hydroxylamine groups is 1. The first-order chi connectivity index (χ1) is 42.7. The molecule has 4 fully saturated rings. The number of thioether (sulfide) groups is 1. The third-order valence-electron chi connectivity index (χ3n) is 15.9. The Morgan fingerprint density at radius 1 is 0.900 bits per heavy atom. The van der Waals surface area contributed by atoms with Crippen molar-refractivity contribution in [3.8, 4) is 40.9 Å². The second-order valence-corrected chi connectivity index (χ2v) is 27.6. The van der Waals surface area contributed by atoms with Crippen molar-refractivity contribution in [2.45, 2.75) is 194 Å². The number of allylic oxidation sites excluding steroid dienone is 3. The van der Waals surface area contributed by atoms with Gasteiger partial charge in [-0.05, 0) is 88.4 Å². The number of aliphatic hydroxyl groups is 5. The maximum atomic E-state index is 14.5. The van der Waals surface area contributed by atoms with E-state index < -0.39 is 149 Å². The topological polar surface area (TPSA) is 372 Å². The predicted molar refractivity (Wildman–Crippen MR) is 336 cm³/mol. The number of nitrogens with one attached hydrogen (secondary N) is 3. The summed E-state index contributed by atoms with van der Waals surface area (Å²) in [5, 5.41) is 72.6. The molecule has 500 valence electrons. The van der Waals surface area contributed by atoms with Gasteiger partial charge in [0.15, 0.2) is 41.8 Å². The van der Waals surface area contributed by atoms with Crippen LogP contribution in [0.4, 0.5) is 4.79 Å². The van der Waals surface area contributed by atoms with Crippen LogP contribution in [0.25, 0.3) is 0 Å². The zero-order valence-corrected chi connectivity index (χ0v) is 56.4. The van der Waals surface area contributed by atoms with Gasteiger partial charge < -0.3 is 98.5 Å². The molecule has 1 aromatic rings. The maximum Gasteiger partial charge on any atom is 0.411 e. The summed E-state index contributed by atoms with van der Waals surface area (Å²) in [5.41, 5.74) is 6.75. The highest BCUT2D eigenvalue weighted by atomic mass is 127. The van der Waals surface area contributed by atoms with Crippen molar-refractivity contribution in [1.82, 2.24) is 16.1 Å². The third-order valence-corrected chi connectivity index (χ3v) is 21.8. The second-order valence-electron chi connectivity index (χ2n) is 22.3. The second kappa shape index (κ2) is 32.5. The summed E-state index contributed by atoms with van der Waals surface area (Å²) in [6.45, 7) is 12.6. The number of ether oxygens (including phenoxy) is 12. The highest BCUT2D eigenvalue weighted by molar-refractivity contribution is 14.1. The van der Waals surface area contributed by atoms with Crippen molar-refractivity contribution in [3.63, 3.8) is 0 Å². The van der Waals surface area contributed by atoms with Gasteiger partial charge in [0.05, 0.1) is 97.0 Å². The van der Waals surface area contributed by atoms with Crippen molar-refractivity contribution < 1.29 is 111 Å². The number of hydrogen-bond acceptors (Lipinski definition) is 28. The fourth-order valence-electron chi connectivity index (χ4n) is 11.0. The van der Waals surface area contributed by atoms with Gasteiger partial charge in [0.25, 0.3) is 0 Å². The van der Waals surface area contributed by atoms with Crippen molar-refractivity contribution in [2.75, 3.05) is 54.5 Å². The Kier molecular flexibility index (Phi) is 26.6. The van der Waals surface area contributed by atoms with Crippen LogP contribution in [0.1, 0.15) is 76.7 Å². The number of fused-ring (bicyclic) bond motifs is 2. The van der Waals surface area contributed by atoms with Crippen LogP contribution in [0.15, 0.2) is 35.1 Å². The first-order valence-electron chi connectivity index (χ1n) is 28.9. The number of benzene rings is 1. The zero-order valence-electron chi connectivity index (χ0n) is 51.7. The SMILES string of the molecule is CCN[C@H]1CO[C@@H](O[C@H]2[C@H](O[C@H]3C#C/C=C/C#C[C@]4(O)CC(=O)C(NC(=O)OC)=C3/C4=C\CSSC(C)(C)[C@H](N)C(=O)O)O[C@H](C)[C@@H](NO[C@H]3C[C@H](O)[C@H](SC(=O)c4c(C)c(I)c(O[C@@H]5O[C@@H](C)[C@H](O)[C@@H](OC)[C@H]5O)c(OC)c4OC)[C@@H](C)O3)[C@@H]2O)C[C@@H]1OC. The fraction of sp³-hybridized carbons (Fsp3) is 0.661. The number of halogens is 1. The molecule has 6 aliphatic rings. The highest BCUT2D eigenvalue weighted by Crippen LogP contribution is 2.49. The molecule has 0 unspecified atom stereocenters. The minimum absolute atomic E-state index is 0.00969. The summed E-state index contributed by atoms with van der Waals surface area (Å²) < 4.78 is 71.6. The van der Waals surface area contributed by atoms with E-state index in [0.29, 0.717) is 15.7 Å². The minimum atomic E-state index is -2.20. The monoisotopic (exact) mass is 1440 g/mol. The summed E-state index contributed by atoms with van der Waals surface area (Å²) in [7, 11) is 9.08. The third kappa shape index (κ3) is 16.8. The molecule has 4 heterocycles. The van der Waals surface area contributed by atoms with Gasteiger partial charge in [-0.1, -0.05) is 70.0 Å². The number of hydrogen-bond donors (Lipinski definition) is 10. The molecule has 1 aromatic carbocycles. The summed E-state index contributed by atoms with van der Waals surface area (Å²) in [6.07, 6.45) is -14.9. The Morgan fingerprint density at radius 3 is 2.24 bits per heavy atom. The Morgan fingerprint density at radius 2 is 1.60 bits per heavy atom. The highest BCUT2D eigenvalue weighted by Gasteiger charge is 2.52. The van der Waals surface area contributed by atoms with E-state index in [1.54, 1.807) is 54.7 Å². The van der Waals surface area contributed by atoms with Crippen LogP contribution in [0, 0.1) is 34.2 Å². The average Bonchev–Trinajstić information content (AvgIpc) is 0.783. The molecular formula is C59H81IN4O23S3. The molecule has 0 aromatic heterocycles. The molecule has 20 atom stereocenters. The summed E-state index contributed by atoms with van der Waals surface area (Å²) >= 11 is 2.79. The molecule has 4 aliphatic heterocycles. The molecule has 27 nitrogen and oxygen atoms in total. The Balaban J connectivity index is 1.14. The number of likely N-dealkylation sites (N-methyl/N-ethyl adjacent to an activating group) is 1. The molecule has 90 heavy (non-hydrogen) atoms. The molecule has 2 bridgehead atoms. The predicted octanol–water partition coefficient (Wildman–Crippen LogP) is 2.11. The number of nitrogens with two attached hydrogens (primary N) is 1. The van der Waals surface area contributed by atoms with Crippen molar-refractivity contribution in [2.24, 2.45) is 5.73 Å². The van der Waals surface area contributed by atoms with Gasteiger partial charge in [-0.3, -0.25) is 24.5 Å². The maximum absolute atomic E-state index is 14.5. The average molecular weight is 1440 g/mol. The van der Waals surface area contributed by atoms with Gasteiger partial charge in [-0.25, -0.2) is 4.79 Å². The largest absolute Gasteiger partial charge is 0.492 e. The Labute approximate surface area is 548 Å². The molecule has 11 N–H and O–H groups in total. The van der Waals surface area contributed by atoms with Crippen LogP contribution >= 0.6 is 55.9 Å². The molecule has 0 spiro atoms. The number of carbonyl (C=O) groups excluding carboxylic acids is 3. The summed E-state index contributed by atoms with van der Waals surface area (Å²) in [5.74, 6) is 9.57. The van der Waals surface area contributed by atoms with Gasteiger partial charge in [-0.15, -0.1) is 0 Å². The minimum Gasteiger partial charge on any atom is -0.492 e. The van der Waals surface area contributed by atoms with E-state index in [1.165, 1.54) is 55.1 Å². The normalized spacial score (nSPS) is 34.8. The Bertz CT molecular complexity index is 2960. The lowest BCUT2D eigenvalue weighted by molar-refractivity contribution is -0.336. The van der Waals surface area contributed by atoms with Crippen LogP contribution in [0.5, 0.6) is 17.2 Å². The molecule has 1 amide bonds. The van der Waals surface area contributed by atoms with Crippen LogP contribution in [-0.4, -0.2) is 234 Å². The van der Waals surface area contributed by atoms with Crippen LogP contribution in [0.2, 0.25) is 0 Å². The lowest BCUT2D eigenvalue weighted by Gasteiger charge is -2.46. The van der Waals surface area contributed by atoms with Gasteiger partial charge in [0.2, 0.25) is 17.2 Å². The van der Waals surface area contributed by atoms with E-state index in [4.69, 9.17) is 67.4 Å². The number of amides is 1. The number of alkyl carbamates (subject to hydrolysis) is 1. The Hall–Kier alpha value is -3.86. The van der Waals surface area contributed by atoms with Gasteiger partial charge in [0, 0.05) is 48.7 Å². The van der Waals surface area contributed by atoms with Crippen LogP contribution in [0.3, 0.4) is 0 Å². The number of carboxylic acids is 1. The quantitative estimate of drug-likeness (QED) is 0.0233. The molecule has 7 rings (SSSR count). The molecule has 0 saturated carbocycles. The first-order valence-corrected chi connectivity index (χ1v) is 33.1. The number of carboxylic acid groups (broad SMARTS) is 1. The van der Waals surface area contributed by atoms with E-state index in [0.717, 1.165) is 18.9 Å². The van der Waals surface area contributed by atoms with E-state index in [1.807, 2.05) is 29.5 Å². The van der Waals surface area contributed by atoms with Gasteiger partial charge in [-0.2, -0.15) is 5.48 Å². The number of aliphatic carboxylic acids is 1. The number of carbonyl (C=O) groups is 4. The first kappa shape index (κ1) is 73.5. The van der Waals surface area contributed by atoms with E-state index in [2.05, 4.69) is 39.8 Å². The zero-order chi connectivity index (χ0) is 66.1. The summed E-state index contributed by atoms with van der Waals surface area (Å²) in [4.78, 5) is 59.7. The molecule has 4 saturated heterocycles. The smallest absolute Gasteiger partial charge is 0.411 e. The fourth-order valence-corrected chi connectivity index (χ4v) is 15.2. The number of methoxy groups -OCH3 is 5. The lowest BCUT2D eigenvalue weighted by Crippen LogP contribution is -2.65. The van der Waals surface area contributed by atoms with Crippen LogP contribution in [-0.2, 0) is 57.1 Å². The number of Topliss-reactive ketones (excluding diaryl/α,β-unsaturated/α-hetero) is 1. The van der Waals surface area contributed by atoms with E-state index in [9.17, 15) is 49.8 Å².